The molecule has 0 heterocycles. The molecule has 0 atom stereocenters. The predicted molar refractivity (Wildman–Crippen MR) is 76.8 cm³/mol. The van der Waals surface area contributed by atoms with Crippen molar-refractivity contribution in [1.82, 2.24) is 0 Å². The third kappa shape index (κ3) is 3.49. The summed E-state index contributed by atoms with van der Waals surface area (Å²) in [6.07, 6.45) is 0. The molecule has 2 N–H and O–H groups in total. The maximum Gasteiger partial charge on any atom is 0.338 e. The average molecular weight is 312 g/mol. The summed E-state index contributed by atoms with van der Waals surface area (Å²) in [4.78, 5) is 10.8. The topological polar surface area (TPSA) is 49.3 Å². The highest BCUT2D eigenvalue weighted by Crippen LogP contribution is 2.22. The summed E-state index contributed by atoms with van der Waals surface area (Å²) in [5.41, 5.74) is 1.05. The minimum absolute atomic E-state index is 0.0782. The molecule has 2 rings (SSSR count). The van der Waals surface area contributed by atoms with E-state index in [0.717, 1.165) is 17.2 Å². The first-order chi connectivity index (χ1) is 9.88. The largest absolute Gasteiger partial charge is 0.478 e. The number of carbonyl (C=O) groups is 1. The minimum Gasteiger partial charge on any atom is -0.478 e. The molecule has 0 aromatic heterocycles. The highest BCUT2D eigenvalue weighted by Gasteiger charge is 2.15. The maximum absolute atomic E-state index is 13.6. The quantitative estimate of drug-likeness (QED) is 0.888. The Balaban J connectivity index is 2.21. The molecule has 21 heavy (non-hydrogen) atoms. The smallest absolute Gasteiger partial charge is 0.338 e. The fourth-order valence-corrected chi connectivity index (χ4v) is 2.00. The molecule has 0 saturated heterocycles. The van der Waals surface area contributed by atoms with Crippen LogP contribution in [0.3, 0.4) is 0 Å². The van der Waals surface area contributed by atoms with Gasteiger partial charge in [0, 0.05) is 17.6 Å². The molecule has 0 amide bonds. The summed E-state index contributed by atoms with van der Waals surface area (Å²) in [6.45, 7) is 2.10. The zero-order valence-electron chi connectivity index (χ0n) is 11.1. The van der Waals surface area contributed by atoms with Crippen LogP contribution in [0, 0.1) is 18.6 Å². The molecule has 0 aliphatic rings. The number of hydrogen-bond donors (Lipinski definition) is 2. The van der Waals surface area contributed by atoms with Crippen LogP contribution in [0.1, 0.15) is 21.5 Å². The van der Waals surface area contributed by atoms with E-state index in [1.54, 1.807) is 6.07 Å². The molecule has 6 heteroatoms. The molecule has 2 aromatic rings. The first kappa shape index (κ1) is 15.3. The van der Waals surface area contributed by atoms with E-state index in [1.807, 2.05) is 19.1 Å². The van der Waals surface area contributed by atoms with Crippen molar-refractivity contribution >= 4 is 23.3 Å². The normalized spacial score (nSPS) is 10.5. The van der Waals surface area contributed by atoms with Gasteiger partial charge in [-0.3, -0.25) is 0 Å². The van der Waals surface area contributed by atoms with Gasteiger partial charge in [-0.15, -0.1) is 0 Å². The predicted octanol–water partition coefficient (Wildman–Crippen LogP) is 4.24. The van der Waals surface area contributed by atoms with E-state index < -0.39 is 23.2 Å². The van der Waals surface area contributed by atoms with Crippen LogP contribution in [-0.2, 0) is 6.54 Å². The van der Waals surface area contributed by atoms with Crippen LogP contribution in [0.4, 0.5) is 14.5 Å². The van der Waals surface area contributed by atoms with Crippen molar-refractivity contribution in [2.24, 2.45) is 0 Å². The Kier molecular flexibility index (Phi) is 4.43. The van der Waals surface area contributed by atoms with Gasteiger partial charge in [0.05, 0.1) is 11.3 Å². The minimum atomic E-state index is -1.45. The molecule has 0 radical (unpaired) electrons. The standard InChI is InChI=1S/C15H12ClF2NO2/c1-8-2-3-9(4-11(8)16)7-19-14-5-10(15(20)21)12(17)6-13(14)18/h2-6,19H,7H2,1H3,(H,20,21). The van der Waals surface area contributed by atoms with Crippen LogP contribution in [0.15, 0.2) is 30.3 Å². The Morgan fingerprint density at radius 3 is 2.57 bits per heavy atom. The van der Waals surface area contributed by atoms with Crippen molar-refractivity contribution in [2.45, 2.75) is 13.5 Å². The van der Waals surface area contributed by atoms with E-state index in [2.05, 4.69) is 5.32 Å². The van der Waals surface area contributed by atoms with E-state index in [4.69, 9.17) is 16.7 Å². The van der Waals surface area contributed by atoms with Crippen LogP contribution in [0.2, 0.25) is 5.02 Å². The van der Waals surface area contributed by atoms with E-state index in [0.29, 0.717) is 11.1 Å². The number of halogens is 3. The van der Waals surface area contributed by atoms with Crippen molar-refractivity contribution in [3.05, 3.63) is 63.7 Å². The third-order valence-corrected chi connectivity index (χ3v) is 3.41. The van der Waals surface area contributed by atoms with Crippen LogP contribution in [0.25, 0.3) is 0 Å². The lowest BCUT2D eigenvalue weighted by atomic mass is 10.1. The number of rotatable bonds is 4. The monoisotopic (exact) mass is 311 g/mol. The van der Waals surface area contributed by atoms with Crippen LogP contribution < -0.4 is 5.32 Å². The number of anilines is 1. The fraction of sp³-hybridized carbons (Fsp3) is 0.133. The molecule has 0 aliphatic heterocycles. The lowest BCUT2D eigenvalue weighted by Gasteiger charge is -2.10. The fourth-order valence-electron chi connectivity index (χ4n) is 1.79. The highest BCUT2D eigenvalue weighted by atomic mass is 35.5. The zero-order valence-corrected chi connectivity index (χ0v) is 11.8. The molecular weight excluding hydrogens is 300 g/mol. The Morgan fingerprint density at radius 2 is 1.95 bits per heavy atom. The van der Waals surface area contributed by atoms with Crippen molar-refractivity contribution in [3.8, 4) is 0 Å². The van der Waals surface area contributed by atoms with Gasteiger partial charge in [0.25, 0.3) is 0 Å². The molecule has 0 bridgehead atoms. The van der Waals surface area contributed by atoms with E-state index in [-0.39, 0.29) is 12.2 Å². The van der Waals surface area contributed by atoms with Crippen molar-refractivity contribution in [3.63, 3.8) is 0 Å². The summed E-state index contributed by atoms with van der Waals surface area (Å²) in [6, 6.07) is 6.84. The molecule has 0 spiro atoms. The number of aryl methyl sites for hydroxylation is 1. The molecule has 0 unspecified atom stereocenters. The van der Waals surface area contributed by atoms with Gasteiger partial charge in [0.1, 0.15) is 11.6 Å². The summed E-state index contributed by atoms with van der Waals surface area (Å²) in [5.74, 6) is -3.41. The van der Waals surface area contributed by atoms with E-state index >= 15 is 0 Å². The van der Waals surface area contributed by atoms with Gasteiger partial charge in [-0.1, -0.05) is 23.7 Å². The Labute approximate surface area is 125 Å². The number of benzene rings is 2. The number of carboxylic acid groups (broad SMARTS) is 1. The Morgan fingerprint density at radius 1 is 1.24 bits per heavy atom. The van der Waals surface area contributed by atoms with Crippen molar-refractivity contribution in [1.29, 1.82) is 0 Å². The summed E-state index contributed by atoms with van der Waals surface area (Å²) in [7, 11) is 0. The second-order valence-electron chi connectivity index (χ2n) is 4.55. The first-order valence-electron chi connectivity index (χ1n) is 6.09. The van der Waals surface area contributed by atoms with Gasteiger partial charge in [-0.05, 0) is 30.2 Å². The first-order valence-corrected chi connectivity index (χ1v) is 6.47. The molecule has 0 fully saturated rings. The van der Waals surface area contributed by atoms with Crippen molar-refractivity contribution in [2.75, 3.05) is 5.32 Å². The Hall–Kier alpha value is -2.14. The lowest BCUT2D eigenvalue weighted by molar-refractivity contribution is 0.0692. The molecule has 110 valence electrons. The SMILES string of the molecule is Cc1ccc(CNc2cc(C(=O)O)c(F)cc2F)cc1Cl. The molecular formula is C15H12ClF2NO2. The van der Waals surface area contributed by atoms with Gasteiger partial charge >= 0.3 is 5.97 Å². The third-order valence-electron chi connectivity index (χ3n) is 3.01. The second-order valence-corrected chi connectivity index (χ2v) is 4.96. The maximum atomic E-state index is 13.6. The summed E-state index contributed by atoms with van der Waals surface area (Å²) >= 11 is 5.99. The van der Waals surface area contributed by atoms with Crippen LogP contribution in [-0.4, -0.2) is 11.1 Å². The van der Waals surface area contributed by atoms with Gasteiger partial charge in [-0.25, -0.2) is 13.6 Å². The van der Waals surface area contributed by atoms with Crippen molar-refractivity contribution < 1.29 is 18.7 Å². The van der Waals surface area contributed by atoms with Crippen LogP contribution in [0.5, 0.6) is 0 Å². The number of carboxylic acids is 1. The summed E-state index contributed by atoms with van der Waals surface area (Å²) < 4.78 is 26.9. The number of nitrogens with one attached hydrogen (secondary N) is 1. The van der Waals surface area contributed by atoms with Crippen LogP contribution >= 0.6 is 11.6 Å². The number of aromatic carboxylic acids is 1. The molecule has 0 saturated carbocycles. The second kappa shape index (κ2) is 6.10. The Bertz CT molecular complexity index is 704. The zero-order chi connectivity index (χ0) is 15.6. The molecule has 3 nitrogen and oxygen atoms in total. The summed E-state index contributed by atoms with van der Waals surface area (Å²) in [5, 5.41) is 12.1. The van der Waals surface area contributed by atoms with E-state index in [9.17, 15) is 13.6 Å². The molecule has 0 aliphatic carbocycles. The highest BCUT2D eigenvalue weighted by molar-refractivity contribution is 6.31. The van der Waals surface area contributed by atoms with Gasteiger partial charge in [0.15, 0.2) is 0 Å². The van der Waals surface area contributed by atoms with Gasteiger partial charge < -0.3 is 10.4 Å². The van der Waals surface area contributed by atoms with E-state index in [1.165, 1.54) is 0 Å². The molecule has 2 aromatic carbocycles. The average Bonchev–Trinajstić information content (AvgIpc) is 2.41. The number of hydrogen-bond acceptors (Lipinski definition) is 2. The lowest BCUT2D eigenvalue weighted by Crippen LogP contribution is -2.06. The van der Waals surface area contributed by atoms with Gasteiger partial charge in [0.2, 0.25) is 0 Å². The van der Waals surface area contributed by atoms with Gasteiger partial charge in [-0.2, -0.15) is 0 Å².